The van der Waals surface area contributed by atoms with Gasteiger partial charge < -0.3 is 18.8 Å². The van der Waals surface area contributed by atoms with Gasteiger partial charge in [-0.25, -0.2) is 0 Å². The van der Waals surface area contributed by atoms with E-state index in [1.165, 1.54) is 105 Å². The molecule has 4 nitrogen and oxygen atoms in total. The second-order valence-corrected chi connectivity index (χ2v) is 18.5. The molecule has 3 atom stereocenters. The summed E-state index contributed by atoms with van der Waals surface area (Å²) in [5, 5.41) is 2.45. The van der Waals surface area contributed by atoms with Gasteiger partial charge in [-0.15, -0.1) is 0 Å². The van der Waals surface area contributed by atoms with Crippen molar-refractivity contribution in [2.45, 2.75) is 57.4 Å². The van der Waals surface area contributed by atoms with Crippen LogP contribution < -0.4 is 0 Å². The summed E-state index contributed by atoms with van der Waals surface area (Å²) < 4.78 is 21.4. The smallest absolute Gasteiger partial charge is 0.0872 e. The molecule has 3 aliphatic rings. The molecule has 0 fully saturated rings. The van der Waals surface area contributed by atoms with E-state index < -0.39 is 0 Å². The number of aromatic nitrogens is 1. The van der Waals surface area contributed by atoms with E-state index in [-0.39, 0.29) is 18.3 Å². The first kappa shape index (κ1) is 40.0. The number of hydrogen-bond donors (Lipinski definition) is 0. The molecule has 67 heavy (non-hydrogen) atoms. The third-order valence-electron chi connectivity index (χ3n) is 14.5. The van der Waals surface area contributed by atoms with Crippen LogP contribution in [-0.4, -0.2) is 4.57 Å². The Morgan fingerprint density at radius 3 is 1.00 bits per heavy atom. The maximum Gasteiger partial charge on any atom is 0.0872 e. The third kappa shape index (κ3) is 7.48. The van der Waals surface area contributed by atoms with Crippen LogP contribution in [0.25, 0.3) is 60.9 Å². The molecular formula is C63H49NO3. The molecule has 13 rings (SSSR count). The van der Waals surface area contributed by atoms with Crippen molar-refractivity contribution in [1.82, 2.24) is 4.57 Å². The first-order valence-corrected chi connectivity index (χ1v) is 23.7. The van der Waals surface area contributed by atoms with Crippen molar-refractivity contribution in [1.29, 1.82) is 0 Å². The minimum Gasteiger partial charge on any atom is -0.368 e. The molecule has 1 aromatic heterocycles. The highest BCUT2D eigenvalue weighted by atomic mass is 16.5. The van der Waals surface area contributed by atoms with Gasteiger partial charge >= 0.3 is 0 Å². The van der Waals surface area contributed by atoms with Crippen molar-refractivity contribution in [3.63, 3.8) is 0 Å². The quantitative estimate of drug-likeness (QED) is 0.116. The van der Waals surface area contributed by atoms with Crippen molar-refractivity contribution >= 4 is 21.8 Å². The molecule has 0 spiro atoms. The SMILES string of the molecule is c1ccc2c(c1)CC2OCc1ccc(-c2ccc(-n3c4ccc(-c5ccc(COC6Cc7ccccc76)cc5)cc4c4cc(-c5ccc(COC6Cc7ccccc76)cc5)ccc43)cc2)cc1. The molecule has 3 aliphatic carbocycles. The van der Waals surface area contributed by atoms with Crippen molar-refractivity contribution in [2.75, 3.05) is 0 Å². The van der Waals surface area contributed by atoms with Crippen LogP contribution >= 0.6 is 0 Å². The summed E-state index contributed by atoms with van der Waals surface area (Å²) in [7, 11) is 0. The maximum absolute atomic E-state index is 6.33. The van der Waals surface area contributed by atoms with E-state index in [0.717, 1.165) is 24.9 Å². The predicted molar refractivity (Wildman–Crippen MR) is 270 cm³/mol. The Hall–Kier alpha value is -7.34. The second-order valence-electron chi connectivity index (χ2n) is 18.5. The number of ether oxygens (including phenoxy) is 3. The molecule has 0 radical (unpaired) electrons. The predicted octanol–water partition coefficient (Wildman–Crippen LogP) is 15.2. The van der Waals surface area contributed by atoms with E-state index in [0.29, 0.717) is 19.8 Å². The van der Waals surface area contributed by atoms with E-state index in [4.69, 9.17) is 14.2 Å². The average Bonchev–Trinajstić information content (AvgIpc) is 3.68. The lowest BCUT2D eigenvalue weighted by molar-refractivity contribution is 0.0243. The third-order valence-corrected chi connectivity index (χ3v) is 14.5. The molecule has 1 heterocycles. The standard InChI is InChI=1S/C63H49NO3/c1-4-10-54-50(7-1)35-61(54)65-38-41-13-19-44(20-14-41)45-25-29-53(30-26-45)64-59-31-27-48(46-21-15-42(16-22-46)39-66-62-36-51-8-2-5-11-55(51)62)33-57(59)58-34-49(28-32-60(58)64)47-23-17-43(18-24-47)40-67-63-37-52-9-3-6-12-56(52)63/h1-34,61-63H,35-40H2. The molecule has 0 saturated carbocycles. The van der Waals surface area contributed by atoms with E-state index in [9.17, 15) is 0 Å². The molecule has 0 bridgehead atoms. The molecule has 4 heteroatoms. The van der Waals surface area contributed by atoms with Crippen molar-refractivity contribution in [2.24, 2.45) is 0 Å². The Morgan fingerprint density at radius 2 is 0.642 bits per heavy atom. The monoisotopic (exact) mass is 867 g/mol. The first-order valence-electron chi connectivity index (χ1n) is 23.7. The van der Waals surface area contributed by atoms with Crippen LogP contribution in [0, 0.1) is 0 Å². The highest BCUT2D eigenvalue weighted by molar-refractivity contribution is 6.11. The molecule has 0 N–H and O–H groups in total. The Bertz CT molecular complexity index is 3280. The van der Waals surface area contributed by atoms with Crippen molar-refractivity contribution in [3.8, 4) is 39.1 Å². The highest BCUT2D eigenvalue weighted by Gasteiger charge is 2.28. The summed E-state index contributed by atoms with van der Waals surface area (Å²) in [5.74, 6) is 0. The number of nitrogens with zero attached hydrogens (tertiary/aromatic N) is 1. The van der Waals surface area contributed by atoms with Gasteiger partial charge in [-0.3, -0.25) is 0 Å². The van der Waals surface area contributed by atoms with E-state index in [1.54, 1.807) is 0 Å². The number of benzene rings is 9. The normalized spacial score (nSPS) is 16.7. The van der Waals surface area contributed by atoms with E-state index >= 15 is 0 Å². The van der Waals surface area contributed by atoms with Crippen LogP contribution in [0.15, 0.2) is 206 Å². The zero-order valence-corrected chi connectivity index (χ0v) is 37.3. The van der Waals surface area contributed by atoms with E-state index in [2.05, 4.69) is 211 Å². The van der Waals surface area contributed by atoms with Crippen LogP contribution in [0.5, 0.6) is 0 Å². The van der Waals surface area contributed by atoms with Gasteiger partial charge in [0, 0.05) is 35.7 Å². The number of hydrogen-bond acceptors (Lipinski definition) is 3. The molecule has 0 aliphatic heterocycles. The fourth-order valence-electron chi connectivity index (χ4n) is 10.5. The molecule has 0 amide bonds. The fraction of sp³-hybridized carbons (Fsp3) is 0.143. The average molecular weight is 868 g/mol. The van der Waals surface area contributed by atoms with Gasteiger partial charge in [-0.2, -0.15) is 0 Å². The summed E-state index contributed by atoms with van der Waals surface area (Å²) in [6, 6.07) is 75.3. The lowest BCUT2D eigenvalue weighted by Gasteiger charge is -2.30. The maximum atomic E-state index is 6.33. The lowest BCUT2D eigenvalue weighted by atomic mass is 9.85. The summed E-state index contributed by atoms with van der Waals surface area (Å²) in [6.07, 6.45) is 3.55. The Kier molecular flexibility index (Phi) is 10.0. The Morgan fingerprint density at radius 1 is 0.328 bits per heavy atom. The molecule has 3 unspecified atom stereocenters. The molecule has 0 saturated heterocycles. The van der Waals surface area contributed by atoms with Crippen molar-refractivity contribution in [3.05, 3.63) is 256 Å². The first-order chi connectivity index (χ1) is 33.1. The minimum absolute atomic E-state index is 0.188. The van der Waals surface area contributed by atoms with Crippen molar-refractivity contribution < 1.29 is 14.2 Å². The molecule has 10 aromatic rings. The summed E-state index contributed by atoms with van der Waals surface area (Å²) in [4.78, 5) is 0. The van der Waals surface area contributed by atoms with Gasteiger partial charge in [0.05, 0.1) is 49.2 Å². The van der Waals surface area contributed by atoms with Gasteiger partial charge in [0.1, 0.15) is 0 Å². The van der Waals surface area contributed by atoms with Gasteiger partial charge in [-0.05, 0) is 120 Å². The molecular weight excluding hydrogens is 819 g/mol. The number of fused-ring (bicyclic) bond motifs is 6. The topological polar surface area (TPSA) is 32.6 Å². The fourth-order valence-corrected chi connectivity index (χ4v) is 10.5. The largest absolute Gasteiger partial charge is 0.368 e. The second kappa shape index (κ2) is 16.8. The zero-order chi connectivity index (χ0) is 44.3. The van der Waals surface area contributed by atoms with Gasteiger partial charge in [0.2, 0.25) is 0 Å². The molecule has 324 valence electrons. The lowest BCUT2D eigenvalue weighted by Crippen LogP contribution is -2.19. The van der Waals surface area contributed by atoms with Crippen LogP contribution in [0.4, 0.5) is 0 Å². The Labute approximate surface area is 391 Å². The summed E-state index contributed by atoms with van der Waals surface area (Å²) in [5.41, 5.74) is 22.4. The summed E-state index contributed by atoms with van der Waals surface area (Å²) >= 11 is 0. The van der Waals surface area contributed by atoms with Crippen LogP contribution in [0.1, 0.15) is 68.4 Å². The number of rotatable bonds is 13. The van der Waals surface area contributed by atoms with Gasteiger partial charge in [0.25, 0.3) is 0 Å². The van der Waals surface area contributed by atoms with Gasteiger partial charge in [-0.1, -0.05) is 170 Å². The van der Waals surface area contributed by atoms with Crippen LogP contribution in [-0.2, 0) is 53.3 Å². The van der Waals surface area contributed by atoms with Crippen LogP contribution in [0.2, 0.25) is 0 Å². The van der Waals surface area contributed by atoms with Crippen LogP contribution in [0.3, 0.4) is 0 Å². The van der Waals surface area contributed by atoms with E-state index in [1.807, 2.05) is 0 Å². The zero-order valence-electron chi connectivity index (χ0n) is 37.3. The molecule has 9 aromatic carbocycles. The van der Waals surface area contributed by atoms with Gasteiger partial charge in [0.15, 0.2) is 0 Å². The minimum atomic E-state index is 0.188. The summed E-state index contributed by atoms with van der Waals surface area (Å²) in [6.45, 7) is 1.82. The Balaban J connectivity index is 0.777. The highest BCUT2D eigenvalue weighted by Crippen LogP contribution is 2.41.